The first kappa shape index (κ1) is 16.0. The summed E-state index contributed by atoms with van der Waals surface area (Å²) in [4.78, 5) is 13.1. The van der Waals surface area contributed by atoms with Crippen LogP contribution in [0.25, 0.3) is 11.1 Å². The highest BCUT2D eigenvalue weighted by Crippen LogP contribution is 2.36. The van der Waals surface area contributed by atoms with E-state index in [1.807, 2.05) is 61.5 Å². The molecule has 0 aromatic heterocycles. The van der Waals surface area contributed by atoms with E-state index >= 15 is 0 Å². The Morgan fingerprint density at radius 2 is 1.54 bits per heavy atom. The van der Waals surface area contributed by atoms with Crippen molar-refractivity contribution in [3.8, 4) is 16.9 Å². The van der Waals surface area contributed by atoms with Gasteiger partial charge in [0.2, 0.25) is 0 Å². The molecule has 0 heterocycles. The second-order valence-electron chi connectivity index (χ2n) is 5.85. The summed E-state index contributed by atoms with van der Waals surface area (Å²) in [5.41, 5.74) is 4.49. The summed E-state index contributed by atoms with van der Waals surface area (Å²) < 4.78 is 0. The lowest BCUT2D eigenvalue weighted by atomic mass is 9.88. The highest BCUT2D eigenvalue weighted by atomic mass is 16.3. The molecule has 24 heavy (non-hydrogen) atoms. The van der Waals surface area contributed by atoms with Gasteiger partial charge in [0.1, 0.15) is 5.75 Å². The van der Waals surface area contributed by atoms with Gasteiger partial charge in [0, 0.05) is 5.56 Å². The molecule has 0 atom stereocenters. The standard InChI is InChI=1S/C22H20O2/c1-3-16-14-19(17-10-6-4-7-11-17)20(21(23)15(16)2)22(24)18-12-8-5-9-13-18/h4-14,23H,3H2,1-2H3. The third-order valence-electron chi connectivity index (χ3n) is 4.39. The van der Waals surface area contributed by atoms with Crippen molar-refractivity contribution in [3.63, 3.8) is 0 Å². The zero-order valence-electron chi connectivity index (χ0n) is 13.9. The third-order valence-corrected chi connectivity index (χ3v) is 4.39. The number of carbonyl (C=O) groups is 1. The molecular weight excluding hydrogens is 296 g/mol. The first-order valence-electron chi connectivity index (χ1n) is 8.14. The fourth-order valence-electron chi connectivity index (χ4n) is 3.00. The molecule has 0 aliphatic heterocycles. The SMILES string of the molecule is CCc1cc(-c2ccccc2)c(C(=O)c2ccccc2)c(O)c1C. The van der Waals surface area contributed by atoms with Crippen molar-refractivity contribution >= 4 is 5.78 Å². The van der Waals surface area contributed by atoms with Gasteiger partial charge in [-0.25, -0.2) is 0 Å². The van der Waals surface area contributed by atoms with Crippen LogP contribution in [0.3, 0.4) is 0 Å². The Morgan fingerprint density at radius 1 is 0.958 bits per heavy atom. The second-order valence-corrected chi connectivity index (χ2v) is 5.85. The van der Waals surface area contributed by atoms with Gasteiger partial charge in [-0.15, -0.1) is 0 Å². The molecule has 0 amide bonds. The number of aryl methyl sites for hydroxylation is 1. The van der Waals surface area contributed by atoms with E-state index in [1.54, 1.807) is 12.1 Å². The number of hydrogen-bond donors (Lipinski definition) is 1. The van der Waals surface area contributed by atoms with Gasteiger partial charge in [0.25, 0.3) is 0 Å². The molecule has 0 saturated heterocycles. The molecule has 0 unspecified atom stereocenters. The summed E-state index contributed by atoms with van der Waals surface area (Å²) in [6.45, 7) is 3.92. The average molecular weight is 316 g/mol. The van der Waals surface area contributed by atoms with Crippen molar-refractivity contribution in [1.82, 2.24) is 0 Å². The molecule has 2 nitrogen and oxygen atoms in total. The molecule has 0 bridgehead atoms. The third kappa shape index (κ3) is 2.83. The van der Waals surface area contributed by atoms with E-state index in [-0.39, 0.29) is 11.5 Å². The van der Waals surface area contributed by atoms with Crippen molar-refractivity contribution in [3.05, 3.63) is 89.0 Å². The van der Waals surface area contributed by atoms with E-state index in [0.29, 0.717) is 11.1 Å². The maximum Gasteiger partial charge on any atom is 0.197 e. The number of hydrogen-bond acceptors (Lipinski definition) is 2. The van der Waals surface area contributed by atoms with Crippen molar-refractivity contribution in [2.45, 2.75) is 20.3 Å². The molecular formula is C22H20O2. The molecule has 0 aliphatic carbocycles. The van der Waals surface area contributed by atoms with E-state index in [4.69, 9.17) is 0 Å². The largest absolute Gasteiger partial charge is 0.507 e. The molecule has 0 aliphatic rings. The summed E-state index contributed by atoms with van der Waals surface area (Å²) in [6, 6.07) is 20.9. The summed E-state index contributed by atoms with van der Waals surface area (Å²) >= 11 is 0. The summed E-state index contributed by atoms with van der Waals surface area (Å²) in [6.07, 6.45) is 0.805. The van der Waals surface area contributed by atoms with Crippen molar-refractivity contribution in [1.29, 1.82) is 0 Å². The quantitative estimate of drug-likeness (QED) is 0.675. The summed E-state index contributed by atoms with van der Waals surface area (Å²) in [7, 11) is 0. The molecule has 0 fully saturated rings. The van der Waals surface area contributed by atoms with Crippen LogP contribution in [0.2, 0.25) is 0 Å². The van der Waals surface area contributed by atoms with Gasteiger partial charge in [0.05, 0.1) is 5.56 Å². The van der Waals surface area contributed by atoms with Crippen LogP contribution >= 0.6 is 0 Å². The number of ketones is 1. The smallest absolute Gasteiger partial charge is 0.197 e. The fraction of sp³-hybridized carbons (Fsp3) is 0.136. The van der Waals surface area contributed by atoms with E-state index < -0.39 is 0 Å². The van der Waals surface area contributed by atoms with E-state index in [0.717, 1.165) is 28.7 Å². The number of phenols is 1. The molecule has 120 valence electrons. The van der Waals surface area contributed by atoms with Gasteiger partial charge in [-0.1, -0.05) is 67.6 Å². The van der Waals surface area contributed by atoms with Crippen molar-refractivity contribution < 1.29 is 9.90 Å². The average Bonchev–Trinajstić information content (AvgIpc) is 2.64. The van der Waals surface area contributed by atoms with Crippen molar-refractivity contribution in [2.24, 2.45) is 0 Å². The first-order valence-corrected chi connectivity index (χ1v) is 8.14. The van der Waals surface area contributed by atoms with Crippen molar-refractivity contribution in [2.75, 3.05) is 0 Å². The van der Waals surface area contributed by atoms with Crippen LogP contribution in [0.5, 0.6) is 5.75 Å². The van der Waals surface area contributed by atoms with Gasteiger partial charge in [-0.3, -0.25) is 4.79 Å². The molecule has 3 rings (SSSR count). The van der Waals surface area contributed by atoms with Crippen LogP contribution in [0.4, 0.5) is 0 Å². The molecule has 2 heteroatoms. The van der Waals surface area contributed by atoms with Gasteiger partial charge < -0.3 is 5.11 Å². The molecule has 1 N–H and O–H groups in total. The van der Waals surface area contributed by atoms with Gasteiger partial charge in [-0.05, 0) is 41.7 Å². The van der Waals surface area contributed by atoms with Crippen LogP contribution in [0, 0.1) is 6.92 Å². The predicted molar refractivity (Wildman–Crippen MR) is 97.5 cm³/mol. The highest BCUT2D eigenvalue weighted by molar-refractivity contribution is 6.15. The van der Waals surface area contributed by atoms with E-state index in [9.17, 15) is 9.90 Å². The number of rotatable bonds is 4. The highest BCUT2D eigenvalue weighted by Gasteiger charge is 2.22. The predicted octanol–water partition coefficient (Wildman–Crippen LogP) is 5.16. The Hall–Kier alpha value is -2.87. The normalized spacial score (nSPS) is 10.6. The molecule has 0 radical (unpaired) electrons. The van der Waals surface area contributed by atoms with Crippen LogP contribution in [-0.4, -0.2) is 10.9 Å². The van der Waals surface area contributed by atoms with E-state index in [2.05, 4.69) is 6.92 Å². The summed E-state index contributed by atoms with van der Waals surface area (Å²) in [5.74, 6) is -0.0697. The summed E-state index contributed by atoms with van der Waals surface area (Å²) in [5, 5.41) is 10.8. The Morgan fingerprint density at radius 3 is 2.12 bits per heavy atom. The lowest BCUT2D eigenvalue weighted by Gasteiger charge is -2.16. The van der Waals surface area contributed by atoms with Crippen LogP contribution < -0.4 is 0 Å². The Labute approximate surface area is 142 Å². The van der Waals surface area contributed by atoms with E-state index in [1.165, 1.54) is 0 Å². The second kappa shape index (κ2) is 6.71. The number of aromatic hydroxyl groups is 1. The molecule has 0 saturated carbocycles. The zero-order chi connectivity index (χ0) is 17.1. The minimum absolute atomic E-state index is 0.0852. The fourth-order valence-corrected chi connectivity index (χ4v) is 3.00. The van der Waals surface area contributed by atoms with Gasteiger partial charge in [0.15, 0.2) is 5.78 Å². The lowest BCUT2D eigenvalue weighted by molar-refractivity contribution is 0.103. The zero-order valence-corrected chi connectivity index (χ0v) is 13.9. The van der Waals surface area contributed by atoms with Crippen LogP contribution in [0.1, 0.15) is 34.0 Å². The number of phenolic OH excluding ortho intramolecular Hbond substituents is 1. The monoisotopic (exact) mass is 316 g/mol. The number of benzene rings is 3. The Kier molecular flexibility index (Phi) is 4.48. The maximum atomic E-state index is 13.1. The Balaban J connectivity index is 2.28. The Bertz CT molecular complexity index is 865. The molecule has 3 aromatic rings. The van der Waals surface area contributed by atoms with Crippen LogP contribution in [0.15, 0.2) is 66.7 Å². The first-order chi connectivity index (χ1) is 11.6. The molecule has 3 aromatic carbocycles. The minimum atomic E-state index is -0.155. The van der Waals surface area contributed by atoms with Gasteiger partial charge in [-0.2, -0.15) is 0 Å². The minimum Gasteiger partial charge on any atom is -0.507 e. The maximum absolute atomic E-state index is 13.1. The molecule has 0 spiro atoms. The topological polar surface area (TPSA) is 37.3 Å². The van der Waals surface area contributed by atoms with Crippen LogP contribution in [-0.2, 0) is 6.42 Å². The lowest BCUT2D eigenvalue weighted by Crippen LogP contribution is -2.06. The van der Waals surface area contributed by atoms with Gasteiger partial charge >= 0.3 is 0 Å². The number of carbonyl (C=O) groups excluding carboxylic acids is 1.